The van der Waals surface area contributed by atoms with E-state index < -0.39 is 0 Å². The van der Waals surface area contributed by atoms with Crippen LogP contribution in [0.25, 0.3) is 0 Å². The molecule has 0 nitrogen and oxygen atoms in total. The van der Waals surface area contributed by atoms with Gasteiger partial charge in [0.25, 0.3) is 0 Å². The second-order valence-electron chi connectivity index (χ2n) is 3.37. The molecular formula is C12H16Zr+2. The standard InChI is InChI=1S/C12H16.Zr/c1-2-3-4-6-9-12-10-7-5-8-11-12;/h5,7-8,10-11H,2-4,9H2,1H3;/q;+2. The van der Waals surface area contributed by atoms with Crippen LogP contribution in [0.4, 0.5) is 0 Å². The number of hydrogen-bond donors (Lipinski definition) is 0. The maximum atomic E-state index is 2.26. The van der Waals surface area contributed by atoms with Gasteiger partial charge in [0.1, 0.15) is 0 Å². The van der Waals surface area contributed by atoms with E-state index in [0.717, 1.165) is 0 Å². The summed E-state index contributed by atoms with van der Waals surface area (Å²) in [6, 6.07) is 10.8. The number of rotatable bonds is 5. The third-order valence-electron chi connectivity index (χ3n) is 2.09. The zero-order valence-electron chi connectivity index (χ0n) is 8.22. The minimum absolute atomic E-state index is 1.19. The van der Waals surface area contributed by atoms with Crippen LogP contribution >= 0.6 is 0 Å². The van der Waals surface area contributed by atoms with Crippen molar-refractivity contribution in [2.75, 3.05) is 0 Å². The van der Waals surface area contributed by atoms with Crippen LogP contribution in [0.3, 0.4) is 0 Å². The molecule has 1 aromatic rings. The Morgan fingerprint density at radius 3 is 2.54 bits per heavy atom. The van der Waals surface area contributed by atoms with Gasteiger partial charge in [0.2, 0.25) is 0 Å². The van der Waals surface area contributed by atoms with E-state index in [1.807, 2.05) is 0 Å². The van der Waals surface area contributed by atoms with Gasteiger partial charge in [-0.05, 0) is 0 Å². The van der Waals surface area contributed by atoms with Crippen LogP contribution in [-0.2, 0) is 30.7 Å². The van der Waals surface area contributed by atoms with Crippen LogP contribution in [0.15, 0.2) is 30.3 Å². The molecule has 0 saturated heterocycles. The quantitative estimate of drug-likeness (QED) is 0.754. The molecule has 0 amide bonds. The van der Waals surface area contributed by atoms with E-state index in [-0.39, 0.29) is 0 Å². The summed E-state index contributed by atoms with van der Waals surface area (Å²) in [5.41, 5.74) is 1.46. The molecule has 0 atom stereocenters. The monoisotopic (exact) mass is 250 g/mol. The Labute approximate surface area is 95.7 Å². The predicted octanol–water partition coefficient (Wildman–Crippen LogP) is 3.14. The predicted molar refractivity (Wildman–Crippen MR) is 54.7 cm³/mol. The van der Waals surface area contributed by atoms with E-state index in [2.05, 4.69) is 37.3 Å². The van der Waals surface area contributed by atoms with E-state index in [1.165, 1.54) is 31.2 Å². The summed E-state index contributed by atoms with van der Waals surface area (Å²) in [5.74, 6) is 0. The first kappa shape index (κ1) is 11.1. The Morgan fingerprint density at radius 1 is 1.23 bits per heavy atom. The summed E-state index contributed by atoms with van der Waals surface area (Å²) in [6.07, 6.45) is 5.18. The van der Waals surface area contributed by atoms with Gasteiger partial charge >= 0.3 is 95.9 Å². The summed E-state index contributed by atoms with van der Waals surface area (Å²) in [6.45, 7) is 2.26. The van der Waals surface area contributed by atoms with Crippen LogP contribution in [0.5, 0.6) is 0 Å². The molecule has 66 valence electrons. The van der Waals surface area contributed by atoms with Crippen molar-refractivity contribution < 1.29 is 24.2 Å². The van der Waals surface area contributed by atoms with E-state index in [9.17, 15) is 0 Å². The van der Waals surface area contributed by atoms with Gasteiger partial charge in [0.15, 0.2) is 0 Å². The molecule has 0 bridgehead atoms. The van der Waals surface area contributed by atoms with Crippen molar-refractivity contribution in [3.8, 4) is 0 Å². The SMILES string of the molecule is CCCC[C](=[Zr+2])Cc1ccccc1. The fourth-order valence-electron chi connectivity index (χ4n) is 1.32. The second kappa shape index (κ2) is 6.43. The molecule has 1 heteroatoms. The summed E-state index contributed by atoms with van der Waals surface area (Å²) in [7, 11) is 0. The van der Waals surface area contributed by atoms with Gasteiger partial charge in [-0.3, -0.25) is 0 Å². The first-order chi connectivity index (χ1) is 6.33. The van der Waals surface area contributed by atoms with Crippen molar-refractivity contribution in [3.63, 3.8) is 0 Å². The Hall–Kier alpha value is -0.0269. The molecule has 0 N–H and O–H groups in total. The molecule has 13 heavy (non-hydrogen) atoms. The third kappa shape index (κ3) is 4.67. The van der Waals surface area contributed by atoms with Crippen molar-refractivity contribution in [2.45, 2.75) is 32.6 Å². The minimum atomic E-state index is 1.19. The van der Waals surface area contributed by atoms with Gasteiger partial charge in [0, 0.05) is 0 Å². The molecule has 0 saturated carbocycles. The first-order valence-electron chi connectivity index (χ1n) is 4.93. The Kier molecular flexibility index (Phi) is 5.47. The molecule has 0 aromatic heterocycles. The third-order valence-corrected chi connectivity index (χ3v) is 3.14. The van der Waals surface area contributed by atoms with Gasteiger partial charge in [-0.15, -0.1) is 0 Å². The van der Waals surface area contributed by atoms with Crippen molar-refractivity contribution in [1.82, 2.24) is 0 Å². The molecule has 0 aliphatic rings. The summed E-state index contributed by atoms with van der Waals surface area (Å²) >= 11 is 1.61. The normalized spacial score (nSPS) is 10.1. The summed E-state index contributed by atoms with van der Waals surface area (Å²) < 4.78 is 1.69. The van der Waals surface area contributed by atoms with Crippen molar-refractivity contribution in [2.24, 2.45) is 0 Å². The molecular weight excluding hydrogens is 235 g/mol. The zero-order chi connectivity index (χ0) is 9.52. The zero-order valence-corrected chi connectivity index (χ0v) is 10.7. The van der Waals surface area contributed by atoms with Gasteiger partial charge < -0.3 is 0 Å². The molecule has 0 radical (unpaired) electrons. The molecule has 0 unspecified atom stereocenters. The molecule has 0 aliphatic heterocycles. The van der Waals surface area contributed by atoms with Crippen LogP contribution in [0.2, 0.25) is 0 Å². The second-order valence-corrected chi connectivity index (χ2v) is 5.11. The van der Waals surface area contributed by atoms with Gasteiger partial charge in [-0.2, -0.15) is 0 Å². The molecule has 1 aromatic carbocycles. The van der Waals surface area contributed by atoms with Crippen molar-refractivity contribution >= 4 is 3.21 Å². The van der Waals surface area contributed by atoms with Crippen LogP contribution in [-0.4, -0.2) is 3.21 Å². The Bertz CT molecular complexity index is 251. The van der Waals surface area contributed by atoms with E-state index in [0.29, 0.717) is 0 Å². The fraction of sp³-hybridized carbons (Fsp3) is 0.417. The average Bonchev–Trinajstić information content (AvgIpc) is 2.16. The fourth-order valence-corrected chi connectivity index (χ4v) is 2.26. The molecule has 0 spiro atoms. The van der Waals surface area contributed by atoms with Crippen molar-refractivity contribution in [3.05, 3.63) is 35.9 Å². The Balaban J connectivity index is 2.37. The molecule has 0 aliphatic carbocycles. The van der Waals surface area contributed by atoms with E-state index in [4.69, 9.17) is 0 Å². The number of benzene rings is 1. The maximum absolute atomic E-state index is 2.26. The van der Waals surface area contributed by atoms with Crippen molar-refractivity contribution in [1.29, 1.82) is 0 Å². The van der Waals surface area contributed by atoms with Gasteiger partial charge in [-0.25, -0.2) is 0 Å². The van der Waals surface area contributed by atoms with E-state index in [1.54, 1.807) is 27.4 Å². The van der Waals surface area contributed by atoms with Gasteiger partial charge in [0.05, 0.1) is 0 Å². The molecule has 0 heterocycles. The Morgan fingerprint density at radius 2 is 1.92 bits per heavy atom. The molecule has 0 fully saturated rings. The van der Waals surface area contributed by atoms with Crippen LogP contribution < -0.4 is 0 Å². The first-order valence-corrected chi connectivity index (χ1v) is 6.16. The van der Waals surface area contributed by atoms with Crippen LogP contribution in [0.1, 0.15) is 31.7 Å². The molecule has 1 rings (SSSR count). The topological polar surface area (TPSA) is 0 Å². The summed E-state index contributed by atoms with van der Waals surface area (Å²) in [4.78, 5) is 0. The van der Waals surface area contributed by atoms with Crippen LogP contribution in [0, 0.1) is 0 Å². The van der Waals surface area contributed by atoms with Gasteiger partial charge in [-0.1, -0.05) is 0 Å². The number of hydrogen-bond acceptors (Lipinski definition) is 0. The number of unbranched alkanes of at least 4 members (excludes halogenated alkanes) is 1. The summed E-state index contributed by atoms with van der Waals surface area (Å²) in [5, 5.41) is 0. The van der Waals surface area contributed by atoms with E-state index >= 15 is 0 Å². The average molecular weight is 251 g/mol.